The lowest BCUT2D eigenvalue weighted by Crippen LogP contribution is -2.35. The Balaban J connectivity index is 3.23. The second-order valence-electron chi connectivity index (χ2n) is 3.22. The van der Waals surface area contributed by atoms with Gasteiger partial charge in [-0.05, 0) is 18.2 Å². The number of carboxylic acids is 1. The molecule has 0 spiro atoms. The number of hydrogen-bond donors (Lipinski definition) is 2. The van der Waals surface area contributed by atoms with Crippen LogP contribution in [0.5, 0.6) is 5.75 Å². The number of aliphatic hydroxyl groups is 1. The molecule has 1 aromatic carbocycles. The molecule has 1 aromatic rings. The maximum absolute atomic E-state index is 13.2. The normalized spacial score (nSPS) is 13.2. The molecule has 0 bridgehead atoms. The van der Waals surface area contributed by atoms with E-state index in [0.717, 1.165) is 0 Å². The molecule has 0 aliphatic rings. The van der Waals surface area contributed by atoms with Crippen molar-refractivity contribution in [2.24, 2.45) is 0 Å². The van der Waals surface area contributed by atoms with Crippen LogP contribution in [-0.2, 0) is 4.79 Å². The lowest BCUT2D eigenvalue weighted by molar-refractivity contribution is -0.183. The molecule has 0 amide bonds. The van der Waals surface area contributed by atoms with Crippen molar-refractivity contribution >= 4 is 21.9 Å². The quantitative estimate of drug-likeness (QED) is 0.895. The minimum Gasteiger partial charge on any atom is -0.496 e. The molecular weight excluding hydrogens is 302 g/mol. The van der Waals surface area contributed by atoms with Gasteiger partial charge in [0.05, 0.1) is 7.11 Å². The van der Waals surface area contributed by atoms with Crippen LogP contribution >= 0.6 is 15.9 Å². The highest BCUT2D eigenvalue weighted by atomic mass is 79.9. The maximum atomic E-state index is 13.2. The van der Waals surface area contributed by atoms with Crippen molar-refractivity contribution in [3.05, 3.63) is 28.2 Å². The average molecular weight is 311 g/mol. The molecule has 17 heavy (non-hydrogen) atoms. The number of benzene rings is 1. The number of carbonyl (C=O) groups is 1. The van der Waals surface area contributed by atoms with Gasteiger partial charge in [0.25, 0.3) is 0 Å². The smallest absolute Gasteiger partial charge is 0.377 e. The summed E-state index contributed by atoms with van der Waals surface area (Å²) in [5.41, 5.74) is -0.297. The van der Waals surface area contributed by atoms with E-state index in [9.17, 15) is 18.7 Å². The zero-order chi connectivity index (χ0) is 13.2. The van der Waals surface area contributed by atoms with E-state index in [1.54, 1.807) is 0 Å². The van der Waals surface area contributed by atoms with Crippen LogP contribution in [0.2, 0.25) is 0 Å². The second-order valence-corrected chi connectivity index (χ2v) is 4.13. The SMILES string of the molecule is COc1ccc(Br)cc1C(O)C(F)(F)C(=O)O. The Bertz CT molecular complexity index is 436. The summed E-state index contributed by atoms with van der Waals surface area (Å²) in [6.45, 7) is 0. The van der Waals surface area contributed by atoms with Crippen LogP contribution in [0.4, 0.5) is 8.78 Å². The molecule has 94 valence electrons. The van der Waals surface area contributed by atoms with E-state index in [4.69, 9.17) is 9.84 Å². The molecule has 7 heteroatoms. The molecule has 0 radical (unpaired) electrons. The first-order chi connectivity index (χ1) is 7.80. The van der Waals surface area contributed by atoms with Crippen LogP contribution in [0.25, 0.3) is 0 Å². The summed E-state index contributed by atoms with van der Waals surface area (Å²) in [6, 6.07) is 4.05. The molecule has 0 aliphatic carbocycles. The number of carboxylic acid groups (broad SMARTS) is 1. The molecule has 0 fully saturated rings. The Hall–Kier alpha value is -1.21. The van der Waals surface area contributed by atoms with E-state index in [0.29, 0.717) is 4.47 Å². The topological polar surface area (TPSA) is 66.8 Å². The van der Waals surface area contributed by atoms with Crippen molar-refractivity contribution in [3.8, 4) is 5.75 Å². The molecule has 1 atom stereocenters. The molecule has 0 heterocycles. The lowest BCUT2D eigenvalue weighted by Gasteiger charge is -2.20. The van der Waals surface area contributed by atoms with E-state index in [1.165, 1.54) is 25.3 Å². The Morgan fingerprint density at radius 3 is 2.59 bits per heavy atom. The van der Waals surface area contributed by atoms with Crippen LogP contribution in [0.1, 0.15) is 11.7 Å². The summed E-state index contributed by atoms with van der Waals surface area (Å²) in [5.74, 6) is -6.69. The third-order valence-electron chi connectivity index (χ3n) is 2.11. The summed E-state index contributed by atoms with van der Waals surface area (Å²) in [5, 5.41) is 17.8. The van der Waals surface area contributed by atoms with Gasteiger partial charge in [0.1, 0.15) is 5.75 Å². The molecule has 1 unspecified atom stereocenters. The predicted molar refractivity (Wildman–Crippen MR) is 58.2 cm³/mol. The number of hydrogen-bond acceptors (Lipinski definition) is 3. The Kier molecular flexibility index (Phi) is 4.05. The summed E-state index contributed by atoms with van der Waals surface area (Å²) < 4.78 is 31.5. The van der Waals surface area contributed by atoms with Crippen LogP contribution in [0.3, 0.4) is 0 Å². The van der Waals surface area contributed by atoms with Gasteiger partial charge in [0, 0.05) is 10.0 Å². The number of alkyl halides is 2. The van der Waals surface area contributed by atoms with Crippen LogP contribution in [0, 0.1) is 0 Å². The van der Waals surface area contributed by atoms with Crippen LogP contribution in [0.15, 0.2) is 22.7 Å². The highest BCUT2D eigenvalue weighted by Crippen LogP contribution is 2.37. The third-order valence-corrected chi connectivity index (χ3v) is 2.61. The Labute approximate surface area is 104 Å². The van der Waals surface area contributed by atoms with Gasteiger partial charge in [-0.1, -0.05) is 15.9 Å². The Morgan fingerprint density at radius 1 is 1.53 bits per heavy atom. The van der Waals surface area contributed by atoms with E-state index >= 15 is 0 Å². The molecule has 0 aromatic heterocycles. The number of ether oxygens (including phenoxy) is 1. The molecule has 2 N–H and O–H groups in total. The van der Waals surface area contributed by atoms with E-state index in [-0.39, 0.29) is 11.3 Å². The third kappa shape index (κ3) is 2.73. The largest absolute Gasteiger partial charge is 0.496 e. The van der Waals surface area contributed by atoms with Crippen molar-refractivity contribution in [1.82, 2.24) is 0 Å². The maximum Gasteiger partial charge on any atom is 0.377 e. The number of aliphatic hydroxyl groups excluding tert-OH is 1. The lowest BCUT2D eigenvalue weighted by atomic mass is 10.0. The van der Waals surface area contributed by atoms with Gasteiger partial charge in [0.15, 0.2) is 6.10 Å². The first-order valence-electron chi connectivity index (χ1n) is 4.43. The fourth-order valence-corrected chi connectivity index (χ4v) is 1.61. The van der Waals surface area contributed by atoms with Crippen molar-refractivity contribution in [1.29, 1.82) is 0 Å². The predicted octanol–water partition coefficient (Wildman–Crippen LogP) is 2.21. The zero-order valence-corrected chi connectivity index (χ0v) is 10.2. The zero-order valence-electron chi connectivity index (χ0n) is 8.65. The van der Waals surface area contributed by atoms with Gasteiger partial charge >= 0.3 is 11.9 Å². The molecule has 1 rings (SSSR count). The monoisotopic (exact) mass is 310 g/mol. The summed E-state index contributed by atoms with van der Waals surface area (Å²) in [7, 11) is 1.23. The highest BCUT2D eigenvalue weighted by molar-refractivity contribution is 9.10. The van der Waals surface area contributed by atoms with Gasteiger partial charge in [-0.25, -0.2) is 4.79 Å². The average Bonchev–Trinajstić information content (AvgIpc) is 2.27. The van der Waals surface area contributed by atoms with Crippen LogP contribution in [-0.4, -0.2) is 29.2 Å². The number of rotatable bonds is 4. The first kappa shape index (κ1) is 13.9. The number of methoxy groups -OCH3 is 1. The summed E-state index contributed by atoms with van der Waals surface area (Å²) >= 11 is 3.04. The first-order valence-corrected chi connectivity index (χ1v) is 5.22. The van der Waals surface area contributed by atoms with Gasteiger partial charge in [0.2, 0.25) is 0 Å². The fraction of sp³-hybridized carbons (Fsp3) is 0.300. The van der Waals surface area contributed by atoms with Crippen molar-refractivity contribution in [2.75, 3.05) is 7.11 Å². The fourth-order valence-electron chi connectivity index (χ4n) is 1.23. The van der Waals surface area contributed by atoms with E-state index in [2.05, 4.69) is 15.9 Å². The van der Waals surface area contributed by atoms with Gasteiger partial charge in [-0.15, -0.1) is 0 Å². The molecular formula is C10H9BrF2O4. The standard InChI is InChI=1S/C10H9BrF2O4/c1-17-7-3-2-5(11)4-6(7)8(14)10(12,13)9(15)16/h2-4,8,14H,1H3,(H,15,16). The summed E-state index contributed by atoms with van der Waals surface area (Å²) in [6.07, 6.45) is -2.48. The molecule has 4 nitrogen and oxygen atoms in total. The number of halogens is 3. The molecule has 0 saturated heterocycles. The Morgan fingerprint density at radius 2 is 2.12 bits per heavy atom. The van der Waals surface area contributed by atoms with Gasteiger partial charge < -0.3 is 14.9 Å². The minimum atomic E-state index is -4.28. The van der Waals surface area contributed by atoms with Crippen molar-refractivity contribution < 1.29 is 28.5 Å². The molecule has 0 aliphatic heterocycles. The second kappa shape index (κ2) is 4.97. The van der Waals surface area contributed by atoms with E-state index in [1.807, 2.05) is 0 Å². The molecule has 0 saturated carbocycles. The minimum absolute atomic E-state index is 0.0124. The van der Waals surface area contributed by atoms with E-state index < -0.39 is 18.0 Å². The highest BCUT2D eigenvalue weighted by Gasteiger charge is 2.48. The van der Waals surface area contributed by atoms with Crippen molar-refractivity contribution in [3.63, 3.8) is 0 Å². The summed E-state index contributed by atoms with van der Waals surface area (Å²) in [4.78, 5) is 10.4. The number of aliphatic carboxylic acids is 1. The van der Waals surface area contributed by atoms with Crippen LogP contribution < -0.4 is 4.74 Å². The van der Waals surface area contributed by atoms with Gasteiger partial charge in [-0.3, -0.25) is 0 Å². The van der Waals surface area contributed by atoms with Crippen molar-refractivity contribution in [2.45, 2.75) is 12.0 Å². The van der Waals surface area contributed by atoms with Gasteiger partial charge in [-0.2, -0.15) is 8.78 Å².